The first-order valence-electron chi connectivity index (χ1n) is 11.8. The lowest BCUT2D eigenvalue weighted by Crippen LogP contribution is -2.51. The Morgan fingerprint density at radius 2 is 1.09 bits per heavy atom. The van der Waals surface area contributed by atoms with Crippen molar-refractivity contribution in [1.82, 2.24) is 9.80 Å². The van der Waals surface area contributed by atoms with Crippen LogP contribution < -0.4 is 0 Å². The molecule has 2 unspecified atom stereocenters. The number of carbonyl (C=O) groups excluding carboxylic acids is 2. The fourth-order valence-electron chi connectivity index (χ4n) is 5.20. The second-order valence-corrected chi connectivity index (χ2v) is 9.06. The normalized spacial score (nSPS) is 34.9. The quantitative estimate of drug-likeness (QED) is 0.495. The largest absolute Gasteiger partial charge is 0.453 e. The number of hydrogen-bond donors (Lipinski definition) is 0. The lowest BCUT2D eigenvalue weighted by atomic mass is 10.1. The van der Waals surface area contributed by atoms with Crippen LogP contribution in [0.25, 0.3) is 0 Å². The molecule has 2 aromatic carbocycles. The first kappa shape index (κ1) is 22.2. The Bertz CT molecular complexity index is 1050. The number of carbonyl (C=O) groups is 2. The molecular weight excluding hydrogens is 448 g/mol. The third-order valence-corrected chi connectivity index (χ3v) is 6.90. The van der Waals surface area contributed by atoms with Crippen LogP contribution >= 0.6 is 0 Å². The number of ether oxygens (including phenoxy) is 4. The Hall–Kier alpha value is -3.30. The summed E-state index contributed by atoms with van der Waals surface area (Å²) in [5.74, 6) is -0.740. The molecule has 2 aliphatic heterocycles. The van der Waals surface area contributed by atoms with E-state index < -0.39 is 12.2 Å². The third-order valence-electron chi connectivity index (χ3n) is 6.90. The molecule has 8 heteroatoms. The van der Waals surface area contributed by atoms with E-state index in [0.717, 1.165) is 0 Å². The summed E-state index contributed by atoms with van der Waals surface area (Å²) < 4.78 is 24.2. The SMILES string of the molecule is O=C(O[C@H]1C=C[C@H]2OCN3CN(CO[C@@H]4C=C[C@H](OC(=O)c5ccccc5)[C@H]43)[C@H]12)c1ccccc1. The minimum Gasteiger partial charge on any atom is -0.453 e. The van der Waals surface area contributed by atoms with Crippen LogP contribution in [0.15, 0.2) is 85.0 Å². The molecule has 6 rings (SSSR count). The molecule has 35 heavy (non-hydrogen) atoms. The van der Waals surface area contributed by atoms with Gasteiger partial charge in [-0.3, -0.25) is 9.80 Å². The second-order valence-electron chi connectivity index (χ2n) is 9.06. The summed E-state index contributed by atoms with van der Waals surface area (Å²) in [6.07, 6.45) is 6.27. The van der Waals surface area contributed by atoms with Gasteiger partial charge in [0, 0.05) is 0 Å². The van der Waals surface area contributed by atoms with Gasteiger partial charge in [0.1, 0.15) is 25.7 Å². The number of esters is 2. The Labute approximate surface area is 203 Å². The molecule has 2 aromatic rings. The summed E-state index contributed by atoms with van der Waals surface area (Å²) >= 11 is 0. The molecule has 0 spiro atoms. The number of nitrogens with zero attached hydrogens (tertiary/aromatic N) is 2. The van der Waals surface area contributed by atoms with E-state index in [1.54, 1.807) is 24.3 Å². The van der Waals surface area contributed by atoms with Crippen LogP contribution in [-0.4, -0.2) is 78.4 Å². The van der Waals surface area contributed by atoms with E-state index in [0.29, 0.717) is 31.3 Å². The van der Waals surface area contributed by atoms with Gasteiger partial charge in [0.05, 0.1) is 42.1 Å². The van der Waals surface area contributed by atoms with Crippen LogP contribution in [0.1, 0.15) is 20.7 Å². The minimum atomic E-state index is -0.462. The number of rotatable bonds is 4. The highest BCUT2D eigenvalue weighted by Gasteiger charge is 2.49. The molecule has 2 fully saturated rings. The molecule has 8 nitrogen and oxygen atoms in total. The molecule has 2 bridgehead atoms. The number of fused-ring (bicyclic) bond motifs is 6. The zero-order chi connectivity index (χ0) is 23.8. The van der Waals surface area contributed by atoms with Gasteiger partial charge in [-0.15, -0.1) is 0 Å². The summed E-state index contributed by atoms with van der Waals surface area (Å²) in [5.41, 5.74) is 1.02. The van der Waals surface area contributed by atoms with Crippen molar-refractivity contribution in [3.63, 3.8) is 0 Å². The van der Waals surface area contributed by atoms with Gasteiger partial charge in [-0.1, -0.05) is 48.6 Å². The van der Waals surface area contributed by atoms with E-state index in [1.807, 2.05) is 60.7 Å². The zero-order valence-corrected chi connectivity index (χ0v) is 19.0. The Morgan fingerprint density at radius 1 is 0.657 bits per heavy atom. The fourth-order valence-corrected chi connectivity index (χ4v) is 5.20. The molecule has 2 heterocycles. The molecule has 0 amide bonds. The Morgan fingerprint density at radius 3 is 1.51 bits per heavy atom. The summed E-state index contributed by atoms with van der Waals surface area (Å²) in [7, 11) is 0. The van der Waals surface area contributed by atoms with Gasteiger partial charge in [-0.05, 0) is 36.4 Å². The molecule has 0 aromatic heterocycles. The van der Waals surface area contributed by atoms with Gasteiger partial charge < -0.3 is 18.9 Å². The van der Waals surface area contributed by atoms with Crippen molar-refractivity contribution in [2.45, 2.75) is 36.5 Å². The average Bonchev–Trinajstić information content (AvgIpc) is 3.37. The molecule has 2 saturated heterocycles. The van der Waals surface area contributed by atoms with Crippen LogP contribution in [0, 0.1) is 0 Å². The third kappa shape index (κ3) is 4.30. The summed E-state index contributed by atoms with van der Waals surface area (Å²) in [6.45, 7) is 1.21. The van der Waals surface area contributed by atoms with Crippen LogP contribution in [0.2, 0.25) is 0 Å². The summed E-state index contributed by atoms with van der Waals surface area (Å²) in [4.78, 5) is 29.7. The highest BCUT2D eigenvalue weighted by molar-refractivity contribution is 5.90. The molecule has 180 valence electrons. The summed E-state index contributed by atoms with van der Waals surface area (Å²) in [6, 6.07) is 17.5. The predicted octanol–water partition coefficient (Wildman–Crippen LogP) is 2.59. The topological polar surface area (TPSA) is 77.5 Å². The van der Waals surface area contributed by atoms with Gasteiger partial charge in [-0.25, -0.2) is 9.59 Å². The zero-order valence-electron chi connectivity index (χ0n) is 19.0. The smallest absolute Gasteiger partial charge is 0.338 e. The van der Waals surface area contributed by atoms with Crippen molar-refractivity contribution in [3.8, 4) is 0 Å². The van der Waals surface area contributed by atoms with Crippen molar-refractivity contribution in [3.05, 3.63) is 96.1 Å². The molecule has 0 radical (unpaired) electrons. The van der Waals surface area contributed by atoms with Crippen molar-refractivity contribution in [2.75, 3.05) is 20.1 Å². The summed E-state index contributed by atoms with van der Waals surface area (Å²) in [5, 5.41) is 0. The maximum atomic E-state index is 12.7. The minimum absolute atomic E-state index is 0.208. The van der Waals surface area contributed by atoms with Crippen LogP contribution in [0.3, 0.4) is 0 Å². The number of hydrogen-bond acceptors (Lipinski definition) is 8. The molecule has 8 atom stereocenters. The maximum absolute atomic E-state index is 12.7. The molecular formula is C27H26N2O6. The van der Waals surface area contributed by atoms with Crippen molar-refractivity contribution >= 4 is 11.9 Å². The molecule has 2 aliphatic carbocycles. The van der Waals surface area contributed by atoms with Gasteiger partial charge in [0.15, 0.2) is 0 Å². The van der Waals surface area contributed by atoms with Crippen molar-refractivity contribution in [2.24, 2.45) is 0 Å². The van der Waals surface area contributed by atoms with Crippen LogP contribution in [-0.2, 0) is 18.9 Å². The molecule has 0 saturated carbocycles. The van der Waals surface area contributed by atoms with Gasteiger partial charge in [-0.2, -0.15) is 0 Å². The lowest BCUT2D eigenvalue weighted by molar-refractivity contribution is -0.0826. The Balaban J connectivity index is 1.17. The predicted molar refractivity (Wildman–Crippen MR) is 125 cm³/mol. The molecule has 4 aliphatic rings. The highest BCUT2D eigenvalue weighted by atomic mass is 16.6. The van der Waals surface area contributed by atoms with E-state index in [-0.39, 0.29) is 36.2 Å². The first-order chi connectivity index (χ1) is 17.2. The number of benzene rings is 2. The Kier molecular flexibility index (Phi) is 5.95. The van der Waals surface area contributed by atoms with Crippen molar-refractivity contribution < 1.29 is 28.5 Å². The average molecular weight is 475 g/mol. The van der Waals surface area contributed by atoms with Gasteiger partial charge in [0.25, 0.3) is 0 Å². The van der Waals surface area contributed by atoms with Gasteiger partial charge in [0.2, 0.25) is 0 Å². The standard InChI is InChI=1S/C27H26N2O6/c30-26(18-7-3-1-4-8-18)34-22-13-11-20-24(22)28-15-29(17-32-20)25-21(33-16-28)12-14-23(25)35-27(31)19-9-5-2-6-10-19/h1-14,20-25H,15-17H2/t20-,21-,22+,23+,24+,25+/m1/s1. The van der Waals surface area contributed by atoms with E-state index in [1.165, 1.54) is 0 Å². The van der Waals surface area contributed by atoms with Crippen LogP contribution in [0.4, 0.5) is 0 Å². The lowest BCUT2D eigenvalue weighted by Gasteiger charge is -2.33. The van der Waals surface area contributed by atoms with Crippen LogP contribution in [0.5, 0.6) is 0 Å². The van der Waals surface area contributed by atoms with E-state index in [9.17, 15) is 9.59 Å². The van der Waals surface area contributed by atoms with E-state index >= 15 is 0 Å². The maximum Gasteiger partial charge on any atom is 0.338 e. The highest BCUT2D eigenvalue weighted by Crippen LogP contribution is 2.34. The van der Waals surface area contributed by atoms with Crippen molar-refractivity contribution in [1.29, 1.82) is 0 Å². The second kappa shape index (κ2) is 9.39. The first-order valence-corrected chi connectivity index (χ1v) is 11.8. The molecule has 0 N–H and O–H groups in total. The monoisotopic (exact) mass is 474 g/mol. The fraction of sp³-hybridized carbons (Fsp3) is 0.333. The van der Waals surface area contributed by atoms with E-state index in [2.05, 4.69) is 9.80 Å². The van der Waals surface area contributed by atoms with Gasteiger partial charge >= 0.3 is 11.9 Å². The van der Waals surface area contributed by atoms with E-state index in [4.69, 9.17) is 18.9 Å².